The van der Waals surface area contributed by atoms with Gasteiger partial charge in [0.25, 0.3) is 0 Å². The number of Topliss-reactive ketones (excluding diaryl/α,β-unsaturated/α-hetero) is 1. The van der Waals surface area contributed by atoms with E-state index in [9.17, 15) is 4.79 Å². The van der Waals surface area contributed by atoms with Crippen LogP contribution in [0.3, 0.4) is 0 Å². The molecule has 0 unspecified atom stereocenters. The van der Waals surface area contributed by atoms with Gasteiger partial charge in [-0.15, -0.1) is 0 Å². The highest BCUT2D eigenvalue weighted by Crippen LogP contribution is 2.66. The fourth-order valence-electron chi connectivity index (χ4n) is 6.32. The van der Waals surface area contributed by atoms with Crippen molar-refractivity contribution in [3.63, 3.8) is 0 Å². The number of hydrogen-bond acceptors (Lipinski definition) is 1. The van der Waals surface area contributed by atoms with Crippen molar-refractivity contribution in [2.45, 2.75) is 68.2 Å². The maximum atomic E-state index is 13.1. The summed E-state index contributed by atoms with van der Waals surface area (Å²) in [5.74, 6) is 1.03. The van der Waals surface area contributed by atoms with Crippen molar-refractivity contribution >= 4 is 5.78 Å². The molecule has 2 fully saturated rings. The molecule has 0 aromatic heterocycles. The standard InChI is InChI=1S/C17H30O/c1-14(2)9-15(3,4)12(14)11(18)13-16(5,6)10-17(13,7)8/h12-13H,9-10H2,1-8H3. The van der Waals surface area contributed by atoms with Gasteiger partial charge in [0.05, 0.1) is 0 Å². The summed E-state index contributed by atoms with van der Waals surface area (Å²) in [6.07, 6.45) is 2.34. The predicted octanol–water partition coefficient (Wildman–Crippen LogP) is 4.70. The maximum Gasteiger partial charge on any atom is 0.141 e. The van der Waals surface area contributed by atoms with Crippen molar-refractivity contribution < 1.29 is 4.79 Å². The van der Waals surface area contributed by atoms with Gasteiger partial charge in [-0.3, -0.25) is 4.79 Å². The Morgan fingerprint density at radius 3 is 1.06 bits per heavy atom. The number of ketones is 1. The van der Waals surface area contributed by atoms with Crippen molar-refractivity contribution in [1.29, 1.82) is 0 Å². The third-order valence-electron chi connectivity index (χ3n) is 5.52. The third-order valence-corrected chi connectivity index (χ3v) is 5.52. The van der Waals surface area contributed by atoms with Crippen LogP contribution >= 0.6 is 0 Å². The van der Waals surface area contributed by atoms with Gasteiger partial charge in [-0.2, -0.15) is 0 Å². The van der Waals surface area contributed by atoms with Gasteiger partial charge in [0.2, 0.25) is 0 Å². The van der Waals surface area contributed by atoms with Crippen LogP contribution in [0.25, 0.3) is 0 Å². The second-order valence-electron chi connectivity index (χ2n) is 9.58. The van der Waals surface area contributed by atoms with Crippen molar-refractivity contribution in [2.24, 2.45) is 33.5 Å². The van der Waals surface area contributed by atoms with E-state index in [1.165, 1.54) is 12.8 Å². The fraction of sp³-hybridized carbons (Fsp3) is 0.941. The van der Waals surface area contributed by atoms with Crippen LogP contribution in [-0.4, -0.2) is 5.78 Å². The normalized spacial score (nSPS) is 32.4. The molecule has 2 rings (SSSR count). The molecule has 2 aliphatic carbocycles. The number of carbonyl (C=O) groups excluding carboxylic acids is 1. The molecule has 0 saturated heterocycles. The third kappa shape index (κ3) is 1.77. The molecule has 0 atom stereocenters. The first kappa shape index (κ1) is 14.1. The van der Waals surface area contributed by atoms with Gasteiger partial charge in [-0.05, 0) is 34.5 Å². The van der Waals surface area contributed by atoms with Gasteiger partial charge < -0.3 is 0 Å². The molecule has 0 aromatic carbocycles. The van der Waals surface area contributed by atoms with Crippen LogP contribution in [0, 0.1) is 33.5 Å². The minimum atomic E-state index is 0.197. The number of carbonyl (C=O) groups is 1. The van der Waals surface area contributed by atoms with Crippen LogP contribution in [0.2, 0.25) is 0 Å². The Morgan fingerprint density at radius 2 is 0.889 bits per heavy atom. The van der Waals surface area contributed by atoms with E-state index in [0.29, 0.717) is 5.78 Å². The van der Waals surface area contributed by atoms with Gasteiger partial charge in [0.1, 0.15) is 5.78 Å². The first-order chi connectivity index (χ1) is 7.81. The maximum absolute atomic E-state index is 13.1. The number of hydrogen-bond donors (Lipinski definition) is 0. The summed E-state index contributed by atoms with van der Waals surface area (Å²) in [7, 11) is 0. The fourth-order valence-corrected chi connectivity index (χ4v) is 6.32. The Hall–Kier alpha value is -0.330. The van der Waals surface area contributed by atoms with Gasteiger partial charge in [0, 0.05) is 11.8 Å². The minimum Gasteiger partial charge on any atom is -0.299 e. The van der Waals surface area contributed by atoms with Gasteiger partial charge in [0.15, 0.2) is 0 Å². The first-order valence-electron chi connectivity index (χ1n) is 7.35. The Bertz CT molecular complexity index is 320. The monoisotopic (exact) mass is 250 g/mol. The summed E-state index contributed by atoms with van der Waals surface area (Å²) in [5.41, 5.74) is 0.787. The second-order valence-corrected chi connectivity index (χ2v) is 9.58. The van der Waals surface area contributed by atoms with Crippen LogP contribution in [0.15, 0.2) is 0 Å². The SMILES string of the molecule is CC1(C)CC(C)(C)C1C(=O)C1C(C)(C)CC1(C)C. The van der Waals surface area contributed by atoms with Crippen molar-refractivity contribution in [3.8, 4) is 0 Å². The van der Waals surface area contributed by atoms with Crippen LogP contribution in [-0.2, 0) is 4.79 Å². The first-order valence-corrected chi connectivity index (χ1v) is 7.35. The lowest BCUT2D eigenvalue weighted by Crippen LogP contribution is -2.62. The highest BCUT2D eigenvalue weighted by Gasteiger charge is 2.64. The van der Waals surface area contributed by atoms with E-state index in [1.807, 2.05) is 0 Å². The Balaban J connectivity index is 2.27. The Labute approximate surface area is 113 Å². The molecule has 0 radical (unpaired) electrons. The summed E-state index contributed by atoms with van der Waals surface area (Å²) in [6.45, 7) is 18.1. The summed E-state index contributed by atoms with van der Waals surface area (Å²) in [6, 6.07) is 0. The zero-order chi connectivity index (χ0) is 14.1. The summed E-state index contributed by atoms with van der Waals surface area (Å²) >= 11 is 0. The average molecular weight is 250 g/mol. The molecule has 1 heteroatoms. The largest absolute Gasteiger partial charge is 0.299 e. The molecular weight excluding hydrogens is 220 g/mol. The molecule has 0 heterocycles. The highest BCUT2D eigenvalue weighted by molar-refractivity contribution is 5.88. The second kappa shape index (κ2) is 3.41. The van der Waals surface area contributed by atoms with Gasteiger partial charge in [-0.25, -0.2) is 0 Å². The van der Waals surface area contributed by atoms with E-state index in [4.69, 9.17) is 0 Å². The van der Waals surface area contributed by atoms with Crippen LogP contribution in [0.4, 0.5) is 0 Å². The molecule has 2 saturated carbocycles. The summed E-state index contributed by atoms with van der Waals surface area (Å²) in [4.78, 5) is 13.1. The molecule has 2 aliphatic rings. The van der Waals surface area contributed by atoms with Crippen LogP contribution in [0.1, 0.15) is 68.2 Å². The molecule has 18 heavy (non-hydrogen) atoms. The van der Waals surface area contributed by atoms with E-state index in [1.54, 1.807) is 0 Å². The zero-order valence-corrected chi connectivity index (χ0v) is 13.5. The molecule has 0 bridgehead atoms. The van der Waals surface area contributed by atoms with E-state index in [0.717, 1.165) is 0 Å². The van der Waals surface area contributed by atoms with Crippen LogP contribution < -0.4 is 0 Å². The molecule has 0 spiro atoms. The molecule has 0 amide bonds. The van der Waals surface area contributed by atoms with E-state index in [-0.39, 0.29) is 33.5 Å². The smallest absolute Gasteiger partial charge is 0.141 e. The summed E-state index contributed by atoms with van der Waals surface area (Å²) in [5, 5.41) is 0. The van der Waals surface area contributed by atoms with E-state index in [2.05, 4.69) is 55.4 Å². The van der Waals surface area contributed by atoms with Gasteiger partial charge >= 0.3 is 0 Å². The molecule has 0 aliphatic heterocycles. The van der Waals surface area contributed by atoms with Gasteiger partial charge in [-0.1, -0.05) is 55.4 Å². The number of rotatable bonds is 2. The minimum absolute atomic E-state index is 0.197. The molecule has 0 aromatic rings. The molecule has 0 N–H and O–H groups in total. The van der Waals surface area contributed by atoms with E-state index < -0.39 is 0 Å². The van der Waals surface area contributed by atoms with Crippen molar-refractivity contribution in [3.05, 3.63) is 0 Å². The predicted molar refractivity (Wildman–Crippen MR) is 76.3 cm³/mol. The lowest BCUT2D eigenvalue weighted by atomic mass is 9.39. The Morgan fingerprint density at radius 1 is 0.667 bits per heavy atom. The lowest BCUT2D eigenvalue weighted by molar-refractivity contribution is -0.178. The topological polar surface area (TPSA) is 17.1 Å². The lowest BCUT2D eigenvalue weighted by Gasteiger charge is -2.63. The molecule has 1 nitrogen and oxygen atoms in total. The highest BCUT2D eigenvalue weighted by atomic mass is 16.1. The summed E-state index contributed by atoms with van der Waals surface area (Å²) < 4.78 is 0. The Kier molecular flexibility index (Phi) is 2.67. The quantitative estimate of drug-likeness (QED) is 0.694. The molecular formula is C17H30O. The van der Waals surface area contributed by atoms with Crippen molar-refractivity contribution in [1.82, 2.24) is 0 Å². The van der Waals surface area contributed by atoms with E-state index >= 15 is 0 Å². The average Bonchev–Trinajstić information content (AvgIpc) is 1.92. The van der Waals surface area contributed by atoms with Crippen molar-refractivity contribution in [2.75, 3.05) is 0 Å². The zero-order valence-electron chi connectivity index (χ0n) is 13.5. The molecule has 104 valence electrons. The van der Waals surface area contributed by atoms with Crippen LogP contribution in [0.5, 0.6) is 0 Å².